The molecule has 0 fully saturated rings. The number of carboxylic acid groups (broad SMARTS) is 1. The molecule has 5 heteroatoms. The topological polar surface area (TPSA) is 80.4 Å². The van der Waals surface area contributed by atoms with Crippen LogP contribution in [0.4, 0.5) is 0 Å². The number of benzene rings is 1. The van der Waals surface area contributed by atoms with E-state index < -0.39 is 10.9 Å². The first-order valence-electron chi connectivity index (χ1n) is 5.23. The Balaban J connectivity index is 2.96. The number of hydrogen-bond acceptors (Lipinski definition) is 3. The summed E-state index contributed by atoms with van der Waals surface area (Å²) in [5.41, 5.74) is 0.936. The van der Waals surface area contributed by atoms with Gasteiger partial charge in [0.25, 0.3) is 0 Å². The molecule has 1 aromatic carbocycles. The fourth-order valence-electron chi connectivity index (χ4n) is 1.39. The normalized spacial score (nSPS) is 11.2. The lowest BCUT2D eigenvalue weighted by atomic mass is 10.1. The minimum absolute atomic E-state index is 0.135. The molecule has 0 heterocycles. The molecule has 1 rings (SSSR count). The Labute approximate surface area is 98.5 Å². The molecule has 17 heavy (non-hydrogen) atoms. The van der Waals surface area contributed by atoms with Crippen LogP contribution in [0.1, 0.15) is 35.7 Å². The van der Waals surface area contributed by atoms with Gasteiger partial charge in [0.05, 0.1) is 10.5 Å². The van der Waals surface area contributed by atoms with E-state index >= 15 is 0 Å². The van der Waals surface area contributed by atoms with Crippen molar-refractivity contribution in [2.75, 3.05) is 0 Å². The summed E-state index contributed by atoms with van der Waals surface area (Å²) in [6, 6.07) is 5.97. The fourth-order valence-corrected chi connectivity index (χ4v) is 1.39. The minimum Gasteiger partial charge on any atom is -0.478 e. The average Bonchev–Trinajstić information content (AvgIpc) is 2.29. The Hall–Kier alpha value is -2.17. The highest BCUT2D eigenvalue weighted by Gasteiger charge is 2.09. The van der Waals surface area contributed by atoms with Crippen molar-refractivity contribution in [1.29, 1.82) is 0 Å². The minimum atomic E-state index is -1.01. The number of nitrogens with zero attached hydrogens (tertiary/aromatic N) is 1. The van der Waals surface area contributed by atoms with Gasteiger partial charge in [-0.2, -0.15) is 0 Å². The van der Waals surface area contributed by atoms with Gasteiger partial charge in [-0.1, -0.05) is 19.1 Å². The maximum Gasteiger partial charge on any atom is 0.335 e. The Kier molecular flexibility index (Phi) is 4.39. The molecule has 0 saturated carbocycles. The van der Waals surface area contributed by atoms with E-state index in [0.717, 1.165) is 0 Å². The highest BCUT2D eigenvalue weighted by atomic mass is 16.6. The van der Waals surface area contributed by atoms with E-state index in [4.69, 9.17) is 5.11 Å². The number of rotatable bonds is 5. The molecule has 0 saturated heterocycles. The molecule has 0 spiro atoms. The van der Waals surface area contributed by atoms with Gasteiger partial charge in [-0.15, -0.1) is 0 Å². The van der Waals surface area contributed by atoms with Crippen molar-refractivity contribution in [3.8, 4) is 0 Å². The van der Waals surface area contributed by atoms with E-state index in [1.807, 2.05) is 6.92 Å². The zero-order valence-corrected chi connectivity index (χ0v) is 9.42. The van der Waals surface area contributed by atoms with Gasteiger partial charge < -0.3 is 5.11 Å². The highest BCUT2D eigenvalue weighted by Crippen LogP contribution is 2.13. The zero-order chi connectivity index (χ0) is 12.8. The van der Waals surface area contributed by atoms with E-state index in [9.17, 15) is 14.9 Å². The van der Waals surface area contributed by atoms with Gasteiger partial charge in [0.1, 0.15) is 0 Å². The van der Waals surface area contributed by atoms with Crippen LogP contribution in [-0.4, -0.2) is 16.0 Å². The lowest BCUT2D eigenvalue weighted by Crippen LogP contribution is -1.98. The molecule has 0 radical (unpaired) electrons. The summed E-state index contributed by atoms with van der Waals surface area (Å²) in [5, 5.41) is 19.4. The van der Waals surface area contributed by atoms with Gasteiger partial charge in [0, 0.05) is 12.5 Å². The van der Waals surface area contributed by atoms with Crippen molar-refractivity contribution >= 4 is 12.0 Å². The molecule has 0 aliphatic rings. The molecule has 0 aliphatic heterocycles. The van der Waals surface area contributed by atoms with Crippen LogP contribution in [0.2, 0.25) is 0 Å². The summed E-state index contributed by atoms with van der Waals surface area (Å²) in [6.07, 6.45) is 2.56. The third-order valence-corrected chi connectivity index (χ3v) is 2.23. The Bertz CT molecular complexity index is 448. The van der Waals surface area contributed by atoms with Crippen molar-refractivity contribution in [3.63, 3.8) is 0 Å². The SMILES string of the molecule is CCC/C(=C/c1ccc(C(=O)O)cc1)[N+](=O)[O-]. The van der Waals surface area contributed by atoms with Crippen LogP contribution in [-0.2, 0) is 0 Å². The second-order valence-corrected chi connectivity index (χ2v) is 3.57. The van der Waals surface area contributed by atoms with Crippen LogP contribution >= 0.6 is 0 Å². The molecule has 1 N–H and O–H groups in total. The molecule has 0 atom stereocenters. The number of carboxylic acids is 1. The maximum atomic E-state index is 10.7. The predicted molar refractivity (Wildman–Crippen MR) is 63.3 cm³/mol. The first-order valence-corrected chi connectivity index (χ1v) is 5.23. The van der Waals surface area contributed by atoms with Crippen LogP contribution in [0.3, 0.4) is 0 Å². The fraction of sp³-hybridized carbons (Fsp3) is 0.250. The van der Waals surface area contributed by atoms with E-state index in [2.05, 4.69) is 0 Å². The second kappa shape index (κ2) is 5.79. The van der Waals surface area contributed by atoms with Crippen molar-refractivity contribution in [2.24, 2.45) is 0 Å². The summed E-state index contributed by atoms with van der Waals surface area (Å²) in [6.45, 7) is 1.87. The van der Waals surface area contributed by atoms with Crippen molar-refractivity contribution in [1.82, 2.24) is 0 Å². The first kappa shape index (κ1) is 12.9. The van der Waals surface area contributed by atoms with Crippen molar-refractivity contribution in [2.45, 2.75) is 19.8 Å². The largest absolute Gasteiger partial charge is 0.478 e. The number of allylic oxidation sites excluding steroid dienone is 1. The van der Waals surface area contributed by atoms with Crippen molar-refractivity contribution in [3.05, 3.63) is 51.2 Å². The number of nitro groups is 1. The second-order valence-electron chi connectivity index (χ2n) is 3.57. The smallest absolute Gasteiger partial charge is 0.335 e. The quantitative estimate of drug-likeness (QED) is 0.628. The summed E-state index contributed by atoms with van der Waals surface area (Å²) < 4.78 is 0. The molecule has 1 aromatic rings. The number of hydrogen-bond donors (Lipinski definition) is 1. The maximum absolute atomic E-state index is 10.7. The Morgan fingerprint density at radius 3 is 2.41 bits per heavy atom. The molecule has 0 unspecified atom stereocenters. The lowest BCUT2D eigenvalue weighted by molar-refractivity contribution is -0.426. The molecular weight excluding hydrogens is 222 g/mol. The Morgan fingerprint density at radius 1 is 1.41 bits per heavy atom. The summed E-state index contributed by atoms with van der Waals surface area (Å²) in [4.78, 5) is 20.9. The third-order valence-electron chi connectivity index (χ3n) is 2.23. The van der Waals surface area contributed by atoms with Crippen LogP contribution in [0.25, 0.3) is 6.08 Å². The van der Waals surface area contributed by atoms with Gasteiger partial charge >= 0.3 is 5.97 Å². The molecule has 0 aliphatic carbocycles. The molecule has 90 valence electrons. The average molecular weight is 235 g/mol. The summed E-state index contributed by atoms with van der Waals surface area (Å²) >= 11 is 0. The monoisotopic (exact) mass is 235 g/mol. The predicted octanol–water partition coefficient (Wildman–Crippen LogP) is 2.80. The first-order chi connectivity index (χ1) is 8.04. The number of carbonyl (C=O) groups is 1. The third kappa shape index (κ3) is 3.71. The number of aromatic carboxylic acids is 1. The van der Waals surface area contributed by atoms with E-state index in [0.29, 0.717) is 18.4 Å². The van der Waals surface area contributed by atoms with Gasteiger partial charge in [0.2, 0.25) is 5.70 Å². The summed E-state index contributed by atoms with van der Waals surface area (Å²) in [5.74, 6) is -1.01. The summed E-state index contributed by atoms with van der Waals surface area (Å²) in [7, 11) is 0. The molecule has 0 bridgehead atoms. The van der Waals surface area contributed by atoms with Gasteiger partial charge in [-0.3, -0.25) is 10.1 Å². The molecule has 0 amide bonds. The molecule has 0 aromatic heterocycles. The lowest BCUT2D eigenvalue weighted by Gasteiger charge is -1.98. The van der Waals surface area contributed by atoms with E-state index in [1.165, 1.54) is 18.2 Å². The van der Waals surface area contributed by atoms with Gasteiger partial charge in [0.15, 0.2) is 0 Å². The van der Waals surface area contributed by atoms with Crippen molar-refractivity contribution < 1.29 is 14.8 Å². The molecule has 5 nitrogen and oxygen atoms in total. The van der Waals surface area contributed by atoms with Crippen LogP contribution in [0.15, 0.2) is 30.0 Å². The van der Waals surface area contributed by atoms with Crippen LogP contribution in [0.5, 0.6) is 0 Å². The standard InChI is InChI=1S/C12H13NO4/c1-2-3-11(13(16)17)8-9-4-6-10(7-5-9)12(14)15/h4-8H,2-3H2,1H3,(H,14,15)/b11-8-. The van der Waals surface area contributed by atoms with Gasteiger partial charge in [-0.05, 0) is 24.1 Å². The van der Waals surface area contributed by atoms with E-state index in [1.54, 1.807) is 12.1 Å². The zero-order valence-electron chi connectivity index (χ0n) is 9.42. The molecular formula is C12H13NO4. The van der Waals surface area contributed by atoms with E-state index in [-0.39, 0.29) is 11.3 Å². The van der Waals surface area contributed by atoms with Gasteiger partial charge in [-0.25, -0.2) is 4.79 Å². The van der Waals surface area contributed by atoms with Crippen LogP contribution < -0.4 is 0 Å². The Morgan fingerprint density at radius 2 is 2.00 bits per heavy atom. The van der Waals surface area contributed by atoms with Crippen LogP contribution in [0, 0.1) is 10.1 Å². The highest BCUT2D eigenvalue weighted by molar-refractivity contribution is 5.87.